The molecule has 1 aliphatic rings. The zero-order valence-electron chi connectivity index (χ0n) is 9.42. The van der Waals surface area contributed by atoms with Gasteiger partial charge in [-0.25, -0.2) is 0 Å². The van der Waals surface area contributed by atoms with Gasteiger partial charge in [0.2, 0.25) is 0 Å². The lowest BCUT2D eigenvalue weighted by Crippen LogP contribution is -2.43. The molecule has 3 nitrogen and oxygen atoms in total. The van der Waals surface area contributed by atoms with Crippen LogP contribution in [0, 0.1) is 3.57 Å². The van der Waals surface area contributed by atoms with Crippen molar-refractivity contribution >= 4 is 34.0 Å². The Kier molecular flexibility index (Phi) is 3.59. The predicted octanol–water partition coefficient (Wildman–Crippen LogP) is 2.85. The maximum absolute atomic E-state index is 5.99. The molecule has 1 saturated heterocycles. The third kappa shape index (κ3) is 2.79. The van der Waals surface area contributed by atoms with Crippen LogP contribution in [-0.4, -0.2) is 18.8 Å². The highest BCUT2D eigenvalue weighted by atomic mass is 127. The molecule has 1 unspecified atom stereocenters. The van der Waals surface area contributed by atoms with E-state index in [0.717, 1.165) is 41.0 Å². The Morgan fingerprint density at radius 1 is 1.50 bits per heavy atom. The number of hydrogen-bond acceptors (Lipinski definition) is 3. The van der Waals surface area contributed by atoms with Crippen LogP contribution in [0.2, 0.25) is 0 Å². The summed E-state index contributed by atoms with van der Waals surface area (Å²) in [5.74, 6) is 0. The molecular formula is C12H17IN2O. The molecule has 0 aromatic heterocycles. The van der Waals surface area contributed by atoms with Gasteiger partial charge in [0.15, 0.2) is 0 Å². The number of hydrogen-bond donors (Lipinski definition) is 2. The van der Waals surface area contributed by atoms with Crippen LogP contribution in [0.15, 0.2) is 18.2 Å². The number of ether oxygens (including phenoxy) is 1. The third-order valence-corrected chi connectivity index (χ3v) is 3.56. The molecule has 1 heterocycles. The number of halogens is 1. The average molecular weight is 332 g/mol. The van der Waals surface area contributed by atoms with E-state index in [4.69, 9.17) is 10.5 Å². The van der Waals surface area contributed by atoms with E-state index in [2.05, 4.69) is 40.9 Å². The fourth-order valence-corrected chi connectivity index (χ4v) is 2.52. The molecule has 0 radical (unpaired) electrons. The fraction of sp³-hybridized carbons (Fsp3) is 0.500. The molecule has 0 aliphatic carbocycles. The molecule has 1 aromatic carbocycles. The zero-order chi connectivity index (χ0) is 11.6. The molecule has 16 heavy (non-hydrogen) atoms. The zero-order valence-corrected chi connectivity index (χ0v) is 11.6. The summed E-state index contributed by atoms with van der Waals surface area (Å²) < 4.78 is 6.67. The van der Waals surface area contributed by atoms with Gasteiger partial charge in [-0.3, -0.25) is 0 Å². The van der Waals surface area contributed by atoms with Crippen molar-refractivity contribution in [3.8, 4) is 0 Å². The van der Waals surface area contributed by atoms with Gasteiger partial charge in [0.05, 0.1) is 23.5 Å². The molecule has 0 bridgehead atoms. The second-order valence-corrected chi connectivity index (χ2v) is 5.82. The Bertz CT molecular complexity index is 375. The van der Waals surface area contributed by atoms with Gasteiger partial charge in [-0.2, -0.15) is 0 Å². The molecule has 88 valence electrons. The molecule has 1 aromatic rings. The standard InChI is InChI=1S/C12H17IN2O/c1-12(5-2-6-16-8-12)15-11-4-3-9(13)7-10(11)14/h3-4,7,15H,2,5-6,8,14H2,1H3. The van der Waals surface area contributed by atoms with Crippen LogP contribution in [0.25, 0.3) is 0 Å². The Morgan fingerprint density at radius 2 is 2.31 bits per heavy atom. The third-order valence-electron chi connectivity index (χ3n) is 2.89. The van der Waals surface area contributed by atoms with Gasteiger partial charge < -0.3 is 15.8 Å². The summed E-state index contributed by atoms with van der Waals surface area (Å²) in [5, 5.41) is 3.50. The van der Waals surface area contributed by atoms with E-state index in [1.165, 1.54) is 0 Å². The molecule has 1 atom stereocenters. The maximum atomic E-state index is 5.99. The van der Waals surface area contributed by atoms with E-state index in [-0.39, 0.29) is 5.54 Å². The van der Waals surface area contributed by atoms with E-state index < -0.39 is 0 Å². The quantitative estimate of drug-likeness (QED) is 0.647. The monoisotopic (exact) mass is 332 g/mol. The van der Waals surface area contributed by atoms with Crippen LogP contribution >= 0.6 is 22.6 Å². The lowest BCUT2D eigenvalue weighted by molar-refractivity contribution is 0.0540. The van der Waals surface area contributed by atoms with Crippen LogP contribution in [-0.2, 0) is 4.74 Å². The molecule has 1 fully saturated rings. The molecule has 3 N–H and O–H groups in total. The van der Waals surface area contributed by atoms with E-state index in [1.54, 1.807) is 0 Å². The number of nitrogen functional groups attached to an aromatic ring is 1. The first-order valence-electron chi connectivity index (χ1n) is 5.50. The minimum absolute atomic E-state index is 0.0131. The summed E-state index contributed by atoms with van der Waals surface area (Å²) in [6.45, 7) is 3.81. The van der Waals surface area contributed by atoms with Gasteiger partial charge in [-0.05, 0) is 60.6 Å². The number of anilines is 2. The largest absolute Gasteiger partial charge is 0.397 e. The van der Waals surface area contributed by atoms with Crippen molar-refractivity contribution in [3.05, 3.63) is 21.8 Å². The predicted molar refractivity (Wildman–Crippen MR) is 75.7 cm³/mol. The topological polar surface area (TPSA) is 47.3 Å². The summed E-state index contributed by atoms with van der Waals surface area (Å²) in [4.78, 5) is 0. The van der Waals surface area contributed by atoms with Crippen molar-refractivity contribution in [1.82, 2.24) is 0 Å². The van der Waals surface area contributed by atoms with E-state index in [0.29, 0.717) is 0 Å². The number of benzene rings is 1. The van der Waals surface area contributed by atoms with E-state index in [1.807, 2.05) is 12.1 Å². The van der Waals surface area contributed by atoms with Crippen molar-refractivity contribution in [1.29, 1.82) is 0 Å². The van der Waals surface area contributed by atoms with Crippen LogP contribution in [0.4, 0.5) is 11.4 Å². The van der Waals surface area contributed by atoms with Gasteiger partial charge in [0, 0.05) is 10.2 Å². The number of rotatable bonds is 2. The molecule has 0 spiro atoms. The van der Waals surface area contributed by atoms with Crippen LogP contribution in [0.5, 0.6) is 0 Å². The Labute approximate surface area is 110 Å². The first-order chi connectivity index (χ1) is 7.59. The lowest BCUT2D eigenvalue weighted by Gasteiger charge is -2.35. The number of nitrogens with two attached hydrogens (primary N) is 1. The molecule has 1 aliphatic heterocycles. The summed E-state index contributed by atoms with van der Waals surface area (Å²) in [6, 6.07) is 6.08. The van der Waals surface area contributed by atoms with Crippen molar-refractivity contribution < 1.29 is 4.74 Å². The number of nitrogens with one attached hydrogen (secondary N) is 1. The average Bonchev–Trinajstić information content (AvgIpc) is 2.23. The van der Waals surface area contributed by atoms with Crippen molar-refractivity contribution in [2.45, 2.75) is 25.3 Å². The van der Waals surface area contributed by atoms with Gasteiger partial charge in [0.1, 0.15) is 0 Å². The van der Waals surface area contributed by atoms with Gasteiger partial charge in [-0.15, -0.1) is 0 Å². The highest BCUT2D eigenvalue weighted by molar-refractivity contribution is 14.1. The molecular weight excluding hydrogens is 315 g/mol. The Morgan fingerprint density at radius 3 is 2.94 bits per heavy atom. The van der Waals surface area contributed by atoms with Crippen molar-refractivity contribution in [2.24, 2.45) is 0 Å². The summed E-state index contributed by atoms with van der Waals surface area (Å²) in [6.07, 6.45) is 2.23. The highest BCUT2D eigenvalue weighted by Crippen LogP contribution is 2.28. The molecule has 4 heteroatoms. The van der Waals surface area contributed by atoms with Crippen LogP contribution in [0.1, 0.15) is 19.8 Å². The SMILES string of the molecule is CC1(Nc2ccc(I)cc2N)CCCOC1. The normalized spacial score (nSPS) is 25.4. The van der Waals surface area contributed by atoms with Gasteiger partial charge in [-0.1, -0.05) is 0 Å². The summed E-state index contributed by atoms with van der Waals surface area (Å²) in [5.41, 5.74) is 7.81. The second kappa shape index (κ2) is 4.79. The van der Waals surface area contributed by atoms with Crippen molar-refractivity contribution in [3.63, 3.8) is 0 Å². The Balaban J connectivity index is 2.13. The first-order valence-corrected chi connectivity index (χ1v) is 6.58. The first kappa shape index (κ1) is 12.0. The van der Waals surface area contributed by atoms with Crippen LogP contribution in [0.3, 0.4) is 0 Å². The van der Waals surface area contributed by atoms with Crippen molar-refractivity contribution in [2.75, 3.05) is 24.3 Å². The summed E-state index contributed by atoms with van der Waals surface area (Å²) in [7, 11) is 0. The molecule has 0 amide bonds. The highest BCUT2D eigenvalue weighted by Gasteiger charge is 2.27. The smallest absolute Gasteiger partial charge is 0.0693 e. The lowest BCUT2D eigenvalue weighted by atomic mass is 9.94. The maximum Gasteiger partial charge on any atom is 0.0693 e. The van der Waals surface area contributed by atoms with Gasteiger partial charge in [0.25, 0.3) is 0 Å². The minimum atomic E-state index is 0.0131. The van der Waals surface area contributed by atoms with Gasteiger partial charge >= 0.3 is 0 Å². The molecule has 0 saturated carbocycles. The second-order valence-electron chi connectivity index (χ2n) is 4.57. The van der Waals surface area contributed by atoms with Crippen LogP contribution < -0.4 is 11.1 Å². The van der Waals surface area contributed by atoms with E-state index >= 15 is 0 Å². The Hall–Kier alpha value is -0.490. The van der Waals surface area contributed by atoms with E-state index in [9.17, 15) is 0 Å². The fourth-order valence-electron chi connectivity index (χ4n) is 2.01. The minimum Gasteiger partial charge on any atom is -0.397 e. The molecule has 2 rings (SSSR count). The summed E-state index contributed by atoms with van der Waals surface area (Å²) >= 11 is 2.26.